The summed E-state index contributed by atoms with van der Waals surface area (Å²) in [5.74, 6) is 0.0668. The van der Waals surface area contributed by atoms with E-state index < -0.39 is 0 Å². The lowest BCUT2D eigenvalue weighted by molar-refractivity contribution is 0.0676. The molecule has 1 saturated heterocycles. The summed E-state index contributed by atoms with van der Waals surface area (Å²) in [7, 11) is 0. The number of rotatable bonds is 2. The van der Waals surface area contributed by atoms with Crippen molar-refractivity contribution >= 4 is 5.91 Å². The molecule has 1 atom stereocenters. The quantitative estimate of drug-likeness (QED) is 0.847. The van der Waals surface area contributed by atoms with E-state index in [1.54, 1.807) is 0 Å². The number of carbonyl (C=O) groups is 1. The second-order valence-corrected chi connectivity index (χ2v) is 4.74. The zero-order chi connectivity index (χ0) is 12.4. The Balaban J connectivity index is 2.31. The number of benzene rings is 1. The Morgan fingerprint density at radius 1 is 1.41 bits per heavy atom. The number of amides is 1. The van der Waals surface area contributed by atoms with Crippen LogP contribution in [0.25, 0.3) is 0 Å². The topological polar surface area (TPSA) is 40.5 Å². The molecular formula is C14H19NO2. The molecule has 1 aromatic rings. The van der Waals surface area contributed by atoms with Crippen molar-refractivity contribution < 1.29 is 9.90 Å². The third kappa shape index (κ3) is 2.20. The maximum absolute atomic E-state index is 12.5. The minimum atomic E-state index is 0.00139. The van der Waals surface area contributed by atoms with E-state index in [0.717, 1.165) is 36.1 Å². The van der Waals surface area contributed by atoms with Crippen molar-refractivity contribution in [2.45, 2.75) is 32.7 Å². The fourth-order valence-corrected chi connectivity index (χ4v) is 2.59. The van der Waals surface area contributed by atoms with Crippen LogP contribution in [0.3, 0.4) is 0 Å². The SMILES string of the molecule is Cc1cccc(C)c1C(=O)N1CCC[C@@H]1CO. The van der Waals surface area contributed by atoms with E-state index in [1.807, 2.05) is 36.9 Å². The molecule has 0 unspecified atom stereocenters. The van der Waals surface area contributed by atoms with Gasteiger partial charge >= 0.3 is 0 Å². The average Bonchev–Trinajstić information content (AvgIpc) is 2.76. The van der Waals surface area contributed by atoms with Gasteiger partial charge in [-0.05, 0) is 37.8 Å². The Morgan fingerprint density at radius 3 is 2.65 bits per heavy atom. The molecule has 17 heavy (non-hydrogen) atoms. The molecule has 1 aliphatic heterocycles. The van der Waals surface area contributed by atoms with Crippen molar-refractivity contribution in [3.63, 3.8) is 0 Å². The van der Waals surface area contributed by atoms with Gasteiger partial charge in [0.05, 0.1) is 12.6 Å². The summed E-state index contributed by atoms with van der Waals surface area (Å²) in [5, 5.41) is 9.28. The summed E-state index contributed by atoms with van der Waals surface area (Å²) in [4.78, 5) is 14.3. The van der Waals surface area contributed by atoms with Gasteiger partial charge in [0, 0.05) is 12.1 Å². The van der Waals surface area contributed by atoms with E-state index in [9.17, 15) is 9.90 Å². The Labute approximate surface area is 102 Å². The van der Waals surface area contributed by atoms with Gasteiger partial charge in [-0.3, -0.25) is 4.79 Å². The van der Waals surface area contributed by atoms with E-state index in [-0.39, 0.29) is 18.6 Å². The van der Waals surface area contributed by atoms with Gasteiger partial charge in [0.15, 0.2) is 0 Å². The fraction of sp³-hybridized carbons (Fsp3) is 0.500. The van der Waals surface area contributed by atoms with Gasteiger partial charge in [-0.2, -0.15) is 0 Å². The normalized spacial score (nSPS) is 19.7. The van der Waals surface area contributed by atoms with Crippen LogP contribution in [0.15, 0.2) is 18.2 Å². The number of carbonyl (C=O) groups excluding carboxylic acids is 1. The van der Waals surface area contributed by atoms with Gasteiger partial charge in [0.25, 0.3) is 5.91 Å². The minimum Gasteiger partial charge on any atom is -0.394 e. The highest BCUT2D eigenvalue weighted by Crippen LogP contribution is 2.23. The van der Waals surface area contributed by atoms with Crippen molar-refractivity contribution in [2.75, 3.05) is 13.2 Å². The zero-order valence-electron chi connectivity index (χ0n) is 10.4. The number of hydrogen-bond donors (Lipinski definition) is 1. The molecule has 1 fully saturated rings. The maximum atomic E-state index is 12.5. The molecule has 3 heteroatoms. The fourth-order valence-electron chi connectivity index (χ4n) is 2.59. The number of aryl methyl sites for hydroxylation is 2. The van der Waals surface area contributed by atoms with Gasteiger partial charge in [-0.15, -0.1) is 0 Å². The standard InChI is InChI=1S/C14H19NO2/c1-10-5-3-6-11(2)13(10)14(17)15-8-4-7-12(15)9-16/h3,5-6,12,16H,4,7-9H2,1-2H3/t12-/m1/s1. The van der Waals surface area contributed by atoms with E-state index >= 15 is 0 Å². The van der Waals surface area contributed by atoms with Crippen LogP contribution in [-0.2, 0) is 0 Å². The third-order valence-corrected chi connectivity index (χ3v) is 3.54. The minimum absolute atomic E-state index is 0.00139. The van der Waals surface area contributed by atoms with Crippen LogP contribution in [0.2, 0.25) is 0 Å². The van der Waals surface area contributed by atoms with Crippen LogP contribution >= 0.6 is 0 Å². The van der Waals surface area contributed by atoms with Gasteiger partial charge in [0.2, 0.25) is 0 Å². The Kier molecular flexibility index (Phi) is 3.48. The molecule has 1 amide bonds. The van der Waals surface area contributed by atoms with Gasteiger partial charge in [-0.25, -0.2) is 0 Å². The highest BCUT2D eigenvalue weighted by atomic mass is 16.3. The smallest absolute Gasteiger partial charge is 0.254 e. The highest BCUT2D eigenvalue weighted by molar-refractivity contribution is 5.97. The molecule has 0 aromatic heterocycles. The lowest BCUT2D eigenvalue weighted by Crippen LogP contribution is -2.38. The van der Waals surface area contributed by atoms with E-state index in [0.29, 0.717) is 0 Å². The molecule has 2 rings (SSSR count). The summed E-state index contributed by atoms with van der Waals surface area (Å²) in [6, 6.07) is 5.89. The summed E-state index contributed by atoms with van der Waals surface area (Å²) in [6.45, 7) is 4.75. The summed E-state index contributed by atoms with van der Waals surface area (Å²) >= 11 is 0. The van der Waals surface area contributed by atoms with Crippen LogP contribution in [0.4, 0.5) is 0 Å². The molecule has 1 heterocycles. The second-order valence-electron chi connectivity index (χ2n) is 4.74. The summed E-state index contributed by atoms with van der Waals surface area (Å²) in [6.07, 6.45) is 1.90. The summed E-state index contributed by atoms with van der Waals surface area (Å²) in [5.41, 5.74) is 2.82. The Hall–Kier alpha value is -1.35. The van der Waals surface area contributed by atoms with Crippen LogP contribution < -0.4 is 0 Å². The van der Waals surface area contributed by atoms with Crippen molar-refractivity contribution in [1.29, 1.82) is 0 Å². The van der Waals surface area contributed by atoms with Gasteiger partial charge < -0.3 is 10.0 Å². The number of aliphatic hydroxyl groups excluding tert-OH is 1. The summed E-state index contributed by atoms with van der Waals surface area (Å²) < 4.78 is 0. The monoisotopic (exact) mass is 233 g/mol. The van der Waals surface area contributed by atoms with Gasteiger partial charge in [-0.1, -0.05) is 18.2 Å². The van der Waals surface area contributed by atoms with Crippen LogP contribution in [0.1, 0.15) is 34.3 Å². The second kappa shape index (κ2) is 4.88. The van der Waals surface area contributed by atoms with E-state index in [2.05, 4.69) is 0 Å². The first-order valence-electron chi connectivity index (χ1n) is 6.13. The molecule has 3 nitrogen and oxygen atoms in total. The molecular weight excluding hydrogens is 214 g/mol. The first-order valence-corrected chi connectivity index (χ1v) is 6.13. The average molecular weight is 233 g/mol. The van der Waals surface area contributed by atoms with Crippen molar-refractivity contribution in [3.05, 3.63) is 34.9 Å². The number of hydrogen-bond acceptors (Lipinski definition) is 2. The first-order chi connectivity index (χ1) is 8.15. The molecule has 1 aliphatic rings. The van der Waals surface area contributed by atoms with Crippen molar-refractivity contribution in [1.82, 2.24) is 4.90 Å². The molecule has 0 spiro atoms. The van der Waals surface area contributed by atoms with Crippen LogP contribution in [0.5, 0.6) is 0 Å². The molecule has 0 saturated carbocycles. The third-order valence-electron chi connectivity index (χ3n) is 3.54. The molecule has 1 aromatic carbocycles. The number of likely N-dealkylation sites (tertiary alicyclic amines) is 1. The molecule has 0 aliphatic carbocycles. The maximum Gasteiger partial charge on any atom is 0.254 e. The zero-order valence-corrected chi connectivity index (χ0v) is 10.4. The van der Waals surface area contributed by atoms with E-state index in [4.69, 9.17) is 0 Å². The largest absolute Gasteiger partial charge is 0.394 e. The highest BCUT2D eigenvalue weighted by Gasteiger charge is 2.29. The Bertz CT molecular complexity index is 408. The predicted octanol–water partition coefficient (Wildman–Crippen LogP) is 1.90. The number of nitrogens with zero attached hydrogens (tertiary/aromatic N) is 1. The number of aliphatic hydroxyl groups is 1. The van der Waals surface area contributed by atoms with Gasteiger partial charge in [0.1, 0.15) is 0 Å². The lowest BCUT2D eigenvalue weighted by Gasteiger charge is -2.24. The molecule has 92 valence electrons. The van der Waals surface area contributed by atoms with E-state index in [1.165, 1.54) is 0 Å². The van der Waals surface area contributed by atoms with Crippen molar-refractivity contribution in [3.8, 4) is 0 Å². The van der Waals surface area contributed by atoms with Crippen LogP contribution in [0, 0.1) is 13.8 Å². The molecule has 0 radical (unpaired) electrons. The molecule has 1 N–H and O–H groups in total. The lowest BCUT2D eigenvalue weighted by atomic mass is 10.0. The molecule has 0 bridgehead atoms. The predicted molar refractivity (Wildman–Crippen MR) is 67.1 cm³/mol. The first kappa shape index (κ1) is 12.1. The van der Waals surface area contributed by atoms with Crippen molar-refractivity contribution in [2.24, 2.45) is 0 Å². The van der Waals surface area contributed by atoms with Crippen LogP contribution in [-0.4, -0.2) is 35.1 Å². The Morgan fingerprint density at radius 2 is 2.06 bits per heavy atom.